The summed E-state index contributed by atoms with van der Waals surface area (Å²) >= 11 is 1.32. The van der Waals surface area contributed by atoms with Gasteiger partial charge in [-0.3, -0.25) is 0 Å². The van der Waals surface area contributed by atoms with E-state index in [1.54, 1.807) is 0 Å². The highest BCUT2D eigenvalue weighted by Crippen LogP contribution is 2.52. The molecule has 13 heteroatoms. The van der Waals surface area contributed by atoms with Crippen LogP contribution in [-0.4, -0.2) is 85.6 Å². The molecule has 2 aliphatic rings. The van der Waals surface area contributed by atoms with Crippen molar-refractivity contribution in [2.45, 2.75) is 79.9 Å². The van der Waals surface area contributed by atoms with Crippen LogP contribution in [0.3, 0.4) is 0 Å². The molecule has 2 fully saturated rings. The Kier molecular flexibility index (Phi) is 9.25. The summed E-state index contributed by atoms with van der Waals surface area (Å²) in [6.45, 7) is 5.66. The molecule has 0 saturated carbocycles. The molecule has 234 valence electrons. The highest BCUT2D eigenvalue weighted by Gasteiger charge is 2.52. The number of nitrogens with zero attached hydrogens (tertiary/aromatic N) is 3. The molecule has 0 radical (unpaired) electrons. The van der Waals surface area contributed by atoms with Crippen LogP contribution in [0.5, 0.6) is 0 Å². The Bertz CT molecular complexity index is 1420. The summed E-state index contributed by atoms with van der Waals surface area (Å²) in [5.74, 6) is -4.35. The number of halogens is 3. The second-order valence-electron chi connectivity index (χ2n) is 11.8. The summed E-state index contributed by atoms with van der Waals surface area (Å²) < 4.78 is 60.7. The average Bonchev–Trinajstić information content (AvgIpc) is 3.44. The lowest BCUT2D eigenvalue weighted by Gasteiger charge is -2.49. The van der Waals surface area contributed by atoms with Gasteiger partial charge in [0.05, 0.1) is 35.9 Å². The molecule has 7 atom stereocenters. The van der Waals surface area contributed by atoms with E-state index in [4.69, 9.17) is 14.2 Å². The summed E-state index contributed by atoms with van der Waals surface area (Å²) in [6, 6.07) is 8.40. The Morgan fingerprint density at radius 1 is 1.19 bits per heavy atom. The van der Waals surface area contributed by atoms with Gasteiger partial charge in [0.15, 0.2) is 17.5 Å². The Labute approximate surface area is 252 Å². The summed E-state index contributed by atoms with van der Waals surface area (Å²) in [4.78, 5) is 0. The molecule has 0 aliphatic carbocycles. The number of rotatable bonds is 8. The lowest BCUT2D eigenvalue weighted by molar-refractivity contribution is -0.187. The first-order valence-corrected chi connectivity index (χ1v) is 14.9. The molecule has 0 bridgehead atoms. The molecule has 0 spiro atoms. The van der Waals surface area contributed by atoms with Crippen molar-refractivity contribution in [1.82, 2.24) is 15.0 Å². The standard InChI is InChI=1S/C30H36F3N3O6S/c1-16-7-5-6-8-18(16)27(30(39)9-10-41-29(2,3)15-30)43-28-26(40-4)24(25(38)22(14-37)42-28)36-13-21(34-35-36)17-11-19(31)23(33)20(32)12-17/h5-8,11-13,22,24-28,37-39H,9-10,14-15H2,1-4H3/t22-,24+,25+,26-,27-,28+,30+/m1/s1. The summed E-state index contributed by atoms with van der Waals surface area (Å²) in [5, 5.41) is 41.2. The first-order chi connectivity index (χ1) is 20.4. The van der Waals surface area contributed by atoms with Crippen molar-refractivity contribution in [3.63, 3.8) is 0 Å². The molecule has 2 aromatic carbocycles. The number of hydrogen-bond donors (Lipinski definition) is 3. The molecule has 3 aromatic rings. The zero-order chi connectivity index (χ0) is 31.1. The summed E-state index contributed by atoms with van der Waals surface area (Å²) in [6.07, 6.45) is -1.16. The van der Waals surface area contributed by atoms with Gasteiger partial charge in [0.25, 0.3) is 0 Å². The van der Waals surface area contributed by atoms with Gasteiger partial charge in [-0.1, -0.05) is 29.5 Å². The van der Waals surface area contributed by atoms with E-state index >= 15 is 0 Å². The number of benzene rings is 2. The molecular weight excluding hydrogens is 587 g/mol. The fourth-order valence-electron chi connectivity index (χ4n) is 6.09. The van der Waals surface area contributed by atoms with Crippen LogP contribution in [0.15, 0.2) is 42.6 Å². The van der Waals surface area contributed by atoms with Gasteiger partial charge in [-0.15, -0.1) is 16.9 Å². The minimum absolute atomic E-state index is 0.0348. The van der Waals surface area contributed by atoms with Gasteiger partial charge < -0.3 is 29.5 Å². The number of aliphatic hydroxyl groups excluding tert-OH is 2. The van der Waals surface area contributed by atoms with E-state index in [9.17, 15) is 28.5 Å². The van der Waals surface area contributed by atoms with Gasteiger partial charge in [-0.25, -0.2) is 17.9 Å². The van der Waals surface area contributed by atoms with Gasteiger partial charge in [-0.05, 0) is 44.0 Å². The first kappa shape index (κ1) is 31.9. The van der Waals surface area contributed by atoms with Crippen molar-refractivity contribution >= 4 is 11.8 Å². The molecule has 3 N–H and O–H groups in total. The predicted molar refractivity (Wildman–Crippen MR) is 153 cm³/mol. The topological polar surface area (TPSA) is 119 Å². The minimum Gasteiger partial charge on any atom is -0.394 e. The van der Waals surface area contributed by atoms with Crippen LogP contribution in [0, 0.1) is 24.4 Å². The fraction of sp³-hybridized carbons (Fsp3) is 0.533. The third kappa shape index (κ3) is 6.35. The van der Waals surface area contributed by atoms with Crippen molar-refractivity contribution in [2.24, 2.45) is 0 Å². The zero-order valence-electron chi connectivity index (χ0n) is 24.3. The van der Waals surface area contributed by atoms with Crippen LogP contribution in [-0.2, 0) is 14.2 Å². The highest BCUT2D eigenvalue weighted by molar-refractivity contribution is 8.00. The Morgan fingerprint density at radius 3 is 2.51 bits per heavy atom. The highest BCUT2D eigenvalue weighted by atomic mass is 32.2. The molecule has 1 aromatic heterocycles. The third-order valence-corrected chi connectivity index (χ3v) is 9.79. The number of hydrogen-bond acceptors (Lipinski definition) is 9. The molecule has 2 aliphatic heterocycles. The minimum atomic E-state index is -1.60. The largest absolute Gasteiger partial charge is 0.394 e. The van der Waals surface area contributed by atoms with E-state index in [2.05, 4.69) is 10.3 Å². The van der Waals surface area contributed by atoms with Crippen LogP contribution in [0.4, 0.5) is 13.2 Å². The maximum Gasteiger partial charge on any atom is 0.194 e. The lowest BCUT2D eigenvalue weighted by atomic mass is 9.79. The second kappa shape index (κ2) is 12.5. The molecule has 0 amide bonds. The van der Waals surface area contributed by atoms with Gasteiger partial charge in [0.1, 0.15) is 35.5 Å². The SMILES string of the molecule is CO[C@@H]1[C@@H](n2cc(-c3cc(F)c(F)c(F)c3)nn2)[C@@H](O)[C@@H](CO)O[C@H]1S[C@H](c1ccccc1C)[C@]1(O)CCOC(C)(C)C1. The summed E-state index contributed by atoms with van der Waals surface area (Å²) in [7, 11) is 1.44. The number of methoxy groups -OCH3 is 1. The van der Waals surface area contributed by atoms with Crippen LogP contribution in [0.1, 0.15) is 49.1 Å². The Balaban J connectivity index is 1.52. The molecular formula is C30H36F3N3O6S. The van der Waals surface area contributed by atoms with Gasteiger partial charge in [-0.2, -0.15) is 0 Å². The molecule has 2 saturated heterocycles. The third-order valence-electron chi connectivity index (χ3n) is 8.18. The van der Waals surface area contributed by atoms with Crippen LogP contribution < -0.4 is 0 Å². The Hall–Kier alpha value is -2.52. The van der Waals surface area contributed by atoms with Gasteiger partial charge in [0.2, 0.25) is 0 Å². The number of aliphatic hydroxyl groups is 3. The molecule has 5 rings (SSSR count). The van der Waals surface area contributed by atoms with E-state index in [0.717, 1.165) is 23.3 Å². The molecule has 43 heavy (non-hydrogen) atoms. The maximum absolute atomic E-state index is 13.9. The number of aromatic nitrogens is 3. The first-order valence-electron chi connectivity index (χ1n) is 14.0. The van der Waals surface area contributed by atoms with Crippen LogP contribution in [0.2, 0.25) is 0 Å². The van der Waals surface area contributed by atoms with E-state index in [-0.39, 0.29) is 11.3 Å². The molecule has 3 heterocycles. The van der Waals surface area contributed by atoms with Crippen LogP contribution in [0.25, 0.3) is 11.3 Å². The quantitative estimate of drug-likeness (QED) is 0.319. The average molecular weight is 624 g/mol. The van der Waals surface area contributed by atoms with Crippen molar-refractivity contribution in [2.75, 3.05) is 20.3 Å². The normalized spacial score (nSPS) is 29.9. The number of ether oxygens (including phenoxy) is 3. The van der Waals surface area contributed by atoms with Crippen molar-refractivity contribution < 1.29 is 42.7 Å². The van der Waals surface area contributed by atoms with Gasteiger partial charge >= 0.3 is 0 Å². The fourth-order valence-corrected chi connectivity index (χ4v) is 7.86. The van der Waals surface area contributed by atoms with E-state index in [1.165, 1.54) is 29.8 Å². The molecule has 0 unspecified atom stereocenters. The predicted octanol–water partition coefficient (Wildman–Crippen LogP) is 4.10. The lowest BCUT2D eigenvalue weighted by Crippen LogP contribution is -2.56. The van der Waals surface area contributed by atoms with Gasteiger partial charge in [0, 0.05) is 25.5 Å². The number of aryl methyl sites for hydroxylation is 1. The zero-order valence-corrected chi connectivity index (χ0v) is 25.1. The molecule has 9 nitrogen and oxygen atoms in total. The van der Waals surface area contributed by atoms with Crippen molar-refractivity contribution in [1.29, 1.82) is 0 Å². The second-order valence-corrected chi connectivity index (χ2v) is 13.0. The monoisotopic (exact) mass is 623 g/mol. The van der Waals surface area contributed by atoms with E-state index in [1.807, 2.05) is 45.0 Å². The van der Waals surface area contributed by atoms with Crippen molar-refractivity contribution in [3.8, 4) is 11.3 Å². The van der Waals surface area contributed by atoms with Crippen molar-refractivity contribution in [3.05, 3.63) is 71.2 Å². The smallest absolute Gasteiger partial charge is 0.194 e. The number of thioether (sulfide) groups is 1. The maximum atomic E-state index is 13.9. The van der Waals surface area contributed by atoms with E-state index < -0.39 is 70.3 Å². The van der Waals surface area contributed by atoms with Crippen LogP contribution >= 0.6 is 11.8 Å². The van der Waals surface area contributed by atoms with E-state index in [0.29, 0.717) is 19.4 Å². The Morgan fingerprint density at radius 2 is 1.88 bits per heavy atom. The summed E-state index contributed by atoms with van der Waals surface area (Å²) in [5.41, 5.74) is -0.735.